The monoisotopic (exact) mass is 543 g/mol. The van der Waals surface area contributed by atoms with Gasteiger partial charge in [0, 0.05) is 45.2 Å². The number of hydrogen-bond acceptors (Lipinski definition) is 5. The number of likely N-dealkylation sites (tertiary alicyclic amines) is 1. The number of thiophene rings is 1. The molecule has 2 heterocycles. The van der Waals surface area contributed by atoms with Gasteiger partial charge in [-0.05, 0) is 44.9 Å². The van der Waals surface area contributed by atoms with Crippen LogP contribution >= 0.6 is 35.3 Å². The molecule has 2 rings (SSSR count). The quantitative estimate of drug-likeness (QED) is 0.228. The highest BCUT2D eigenvalue weighted by molar-refractivity contribution is 14.0. The van der Waals surface area contributed by atoms with Crippen molar-refractivity contribution in [1.82, 2.24) is 19.8 Å². The molecule has 0 radical (unpaired) electrons. The van der Waals surface area contributed by atoms with E-state index in [9.17, 15) is 8.42 Å². The van der Waals surface area contributed by atoms with Gasteiger partial charge in [-0.25, -0.2) is 12.7 Å². The van der Waals surface area contributed by atoms with Crippen LogP contribution in [0.2, 0.25) is 0 Å². The van der Waals surface area contributed by atoms with Crippen molar-refractivity contribution >= 4 is 51.3 Å². The second-order valence-electron chi connectivity index (χ2n) is 7.10. The Bertz CT molecular complexity index is 721. The molecule has 7 nitrogen and oxygen atoms in total. The van der Waals surface area contributed by atoms with E-state index in [-0.39, 0.29) is 24.0 Å². The molecule has 1 aliphatic heterocycles. The fraction of sp³-hybridized carbons (Fsp3) is 0.722. The molecule has 1 aromatic heterocycles. The number of nitrogens with zero attached hydrogens (tertiary/aromatic N) is 3. The minimum absolute atomic E-state index is 0. The van der Waals surface area contributed by atoms with Crippen LogP contribution < -0.4 is 10.6 Å². The molecule has 1 fully saturated rings. The Morgan fingerprint density at radius 2 is 2.07 bits per heavy atom. The maximum atomic E-state index is 12.1. The highest BCUT2D eigenvalue weighted by Crippen LogP contribution is 2.23. The summed E-state index contributed by atoms with van der Waals surface area (Å²) in [6, 6.07) is 4.20. The van der Waals surface area contributed by atoms with Crippen LogP contribution in [0.15, 0.2) is 21.3 Å². The number of nitrogens with one attached hydrogen (secondary N) is 2. The first-order chi connectivity index (χ1) is 12.8. The summed E-state index contributed by atoms with van der Waals surface area (Å²) in [5.41, 5.74) is 0. The lowest BCUT2D eigenvalue weighted by Crippen LogP contribution is -2.41. The van der Waals surface area contributed by atoms with E-state index < -0.39 is 10.0 Å². The van der Waals surface area contributed by atoms with Gasteiger partial charge in [0.25, 0.3) is 10.0 Å². The SMILES string of the molecule is CN=C(NCCCN1CCCCC1C)NCc1ccc(S(=O)(=O)N(C)C)s1.I. The minimum atomic E-state index is -3.36. The summed E-state index contributed by atoms with van der Waals surface area (Å²) < 4.78 is 25.9. The Balaban J connectivity index is 0.00000392. The van der Waals surface area contributed by atoms with E-state index in [4.69, 9.17) is 0 Å². The van der Waals surface area contributed by atoms with E-state index in [1.165, 1.54) is 41.4 Å². The zero-order valence-electron chi connectivity index (χ0n) is 17.3. The Morgan fingerprint density at radius 1 is 1.32 bits per heavy atom. The Hall–Kier alpha value is -0.430. The lowest BCUT2D eigenvalue weighted by molar-refractivity contribution is 0.159. The molecule has 0 aliphatic carbocycles. The van der Waals surface area contributed by atoms with Crippen LogP contribution in [-0.2, 0) is 16.6 Å². The number of halogens is 1. The minimum Gasteiger partial charge on any atom is -0.356 e. The number of sulfonamides is 1. The van der Waals surface area contributed by atoms with E-state index in [1.807, 2.05) is 6.07 Å². The number of piperidine rings is 1. The molecular formula is C18H34IN5O2S2. The van der Waals surface area contributed by atoms with Gasteiger partial charge in [0.1, 0.15) is 4.21 Å². The lowest BCUT2D eigenvalue weighted by atomic mass is 10.0. The highest BCUT2D eigenvalue weighted by atomic mass is 127. The molecule has 0 bridgehead atoms. The van der Waals surface area contributed by atoms with Crippen molar-refractivity contribution in [1.29, 1.82) is 0 Å². The Labute approximate surface area is 191 Å². The zero-order valence-corrected chi connectivity index (χ0v) is 21.2. The summed E-state index contributed by atoms with van der Waals surface area (Å²) in [5.74, 6) is 0.743. The third-order valence-corrected chi connectivity index (χ3v) is 8.25. The van der Waals surface area contributed by atoms with Gasteiger partial charge in [-0.15, -0.1) is 35.3 Å². The summed E-state index contributed by atoms with van der Waals surface area (Å²) in [4.78, 5) is 7.77. The molecule has 0 aromatic carbocycles. The van der Waals surface area contributed by atoms with Crippen molar-refractivity contribution in [3.63, 3.8) is 0 Å². The Kier molecular flexibility index (Phi) is 11.3. The van der Waals surface area contributed by atoms with Gasteiger partial charge < -0.3 is 15.5 Å². The summed E-state index contributed by atoms with van der Waals surface area (Å²) in [5, 5.41) is 6.59. The molecule has 1 unspecified atom stereocenters. The first-order valence-corrected chi connectivity index (χ1v) is 11.8. The van der Waals surface area contributed by atoms with Crippen LogP contribution in [0.3, 0.4) is 0 Å². The fourth-order valence-corrected chi connectivity index (χ4v) is 5.61. The lowest BCUT2D eigenvalue weighted by Gasteiger charge is -2.33. The average molecular weight is 544 g/mol. The van der Waals surface area contributed by atoms with Crippen molar-refractivity contribution in [3.05, 3.63) is 17.0 Å². The van der Waals surface area contributed by atoms with Crippen LogP contribution in [0.4, 0.5) is 0 Å². The summed E-state index contributed by atoms with van der Waals surface area (Å²) >= 11 is 1.29. The van der Waals surface area contributed by atoms with Gasteiger partial charge in [-0.2, -0.15) is 0 Å². The van der Waals surface area contributed by atoms with E-state index in [0.717, 1.165) is 30.3 Å². The molecule has 1 aromatic rings. The van der Waals surface area contributed by atoms with Crippen molar-refractivity contribution < 1.29 is 8.42 Å². The Morgan fingerprint density at radius 3 is 2.71 bits per heavy atom. The van der Waals surface area contributed by atoms with Gasteiger partial charge in [0.2, 0.25) is 0 Å². The molecule has 162 valence electrons. The molecule has 0 spiro atoms. The topological polar surface area (TPSA) is 77.0 Å². The predicted octanol–water partition coefficient (Wildman–Crippen LogP) is 2.55. The normalized spacial score (nSPS) is 18.8. The molecule has 1 saturated heterocycles. The molecular weight excluding hydrogens is 509 g/mol. The van der Waals surface area contributed by atoms with Crippen LogP contribution in [0.25, 0.3) is 0 Å². The summed E-state index contributed by atoms with van der Waals surface area (Å²) in [6.45, 7) is 6.06. The number of guanidine groups is 1. The van der Waals surface area contributed by atoms with Gasteiger partial charge in [-0.3, -0.25) is 4.99 Å². The fourth-order valence-electron chi connectivity index (χ4n) is 3.14. The largest absolute Gasteiger partial charge is 0.356 e. The summed E-state index contributed by atoms with van der Waals surface area (Å²) in [7, 11) is 1.48. The third kappa shape index (κ3) is 7.43. The molecule has 1 aliphatic rings. The number of rotatable bonds is 8. The third-order valence-electron chi connectivity index (χ3n) is 4.88. The second kappa shape index (κ2) is 12.3. The maximum absolute atomic E-state index is 12.1. The molecule has 1 atom stereocenters. The number of aliphatic imine (C=N–C) groups is 1. The first kappa shape index (κ1) is 25.6. The molecule has 0 amide bonds. The van der Waals surface area contributed by atoms with Gasteiger partial charge in [0.15, 0.2) is 5.96 Å². The standard InChI is InChI=1S/C18H33N5O2S2.HI/c1-15-8-5-6-12-23(15)13-7-11-20-18(19-2)21-14-16-9-10-17(26-16)27(24,25)22(3)4;/h9-10,15H,5-8,11-14H2,1-4H3,(H2,19,20,21);1H. The van der Waals surface area contributed by atoms with Crippen LogP contribution in [0.1, 0.15) is 37.5 Å². The van der Waals surface area contributed by atoms with E-state index in [1.54, 1.807) is 27.2 Å². The van der Waals surface area contributed by atoms with E-state index in [2.05, 4.69) is 27.4 Å². The maximum Gasteiger partial charge on any atom is 0.252 e. The van der Waals surface area contributed by atoms with Crippen molar-refractivity contribution in [2.45, 2.75) is 49.4 Å². The van der Waals surface area contributed by atoms with E-state index in [0.29, 0.717) is 16.8 Å². The van der Waals surface area contributed by atoms with Crippen molar-refractivity contribution in [3.8, 4) is 0 Å². The molecule has 10 heteroatoms. The smallest absolute Gasteiger partial charge is 0.252 e. The van der Waals surface area contributed by atoms with Gasteiger partial charge in [0.05, 0.1) is 6.54 Å². The first-order valence-electron chi connectivity index (χ1n) is 9.54. The van der Waals surface area contributed by atoms with Crippen molar-refractivity contribution in [2.24, 2.45) is 4.99 Å². The zero-order chi connectivity index (χ0) is 19.9. The summed E-state index contributed by atoms with van der Waals surface area (Å²) in [6.07, 6.45) is 5.05. The van der Waals surface area contributed by atoms with Crippen LogP contribution in [0.5, 0.6) is 0 Å². The van der Waals surface area contributed by atoms with Crippen LogP contribution in [-0.4, -0.2) is 70.4 Å². The molecule has 2 N–H and O–H groups in total. The van der Waals surface area contributed by atoms with E-state index >= 15 is 0 Å². The molecule has 28 heavy (non-hydrogen) atoms. The predicted molar refractivity (Wildman–Crippen MR) is 128 cm³/mol. The highest BCUT2D eigenvalue weighted by Gasteiger charge is 2.19. The van der Waals surface area contributed by atoms with Crippen LogP contribution in [0, 0.1) is 0 Å². The van der Waals surface area contributed by atoms with Gasteiger partial charge in [-0.1, -0.05) is 6.42 Å². The second-order valence-corrected chi connectivity index (χ2v) is 10.6. The molecule has 0 saturated carbocycles. The van der Waals surface area contributed by atoms with Crippen molar-refractivity contribution in [2.75, 3.05) is 40.8 Å². The number of hydrogen-bond donors (Lipinski definition) is 2. The van der Waals surface area contributed by atoms with Gasteiger partial charge >= 0.3 is 0 Å². The average Bonchev–Trinajstić information content (AvgIpc) is 3.12.